The molecule has 2 aromatic heterocycles. The van der Waals surface area contributed by atoms with Crippen LogP contribution in [0.3, 0.4) is 0 Å². The Morgan fingerprint density at radius 1 is 1.45 bits per heavy atom. The van der Waals surface area contributed by atoms with Crippen LogP contribution in [0.5, 0.6) is 0 Å². The number of pyridine rings is 1. The molecule has 0 atom stereocenters. The maximum atomic E-state index is 5.80. The van der Waals surface area contributed by atoms with Gasteiger partial charge < -0.3 is 11.1 Å². The molecule has 1 aliphatic rings. The number of hydrogen-bond donors (Lipinski definition) is 2. The molecule has 2 heterocycles. The molecule has 0 radical (unpaired) electrons. The normalized spacial score (nSPS) is 13.2. The number of aromatic nitrogens is 4. The highest BCUT2D eigenvalue weighted by molar-refractivity contribution is 7.80. The van der Waals surface area contributed by atoms with Gasteiger partial charge in [-0.15, -0.1) is 5.10 Å². The molecule has 2 aromatic rings. The maximum absolute atomic E-state index is 5.80. The molecule has 0 saturated carbocycles. The first-order valence-electron chi connectivity index (χ1n) is 6.64. The number of nitrogens with one attached hydrogen (secondary N) is 1. The number of fused-ring (bicyclic) bond motifs is 1. The number of thiocarbonyl (C=S) groups is 1. The summed E-state index contributed by atoms with van der Waals surface area (Å²) in [5, 5.41) is 11.0. The van der Waals surface area contributed by atoms with Crippen molar-refractivity contribution in [3.63, 3.8) is 0 Å². The average molecular weight is 288 g/mol. The Bertz CT molecular complexity index is 622. The van der Waals surface area contributed by atoms with Gasteiger partial charge in [-0.25, -0.2) is 4.98 Å². The Morgan fingerprint density at radius 3 is 3.10 bits per heavy atom. The Morgan fingerprint density at radius 2 is 2.35 bits per heavy atom. The van der Waals surface area contributed by atoms with Gasteiger partial charge in [-0.05, 0) is 30.9 Å². The zero-order valence-corrected chi connectivity index (χ0v) is 11.9. The van der Waals surface area contributed by atoms with Crippen LogP contribution in [0.15, 0.2) is 18.5 Å². The minimum atomic E-state index is 0.385. The summed E-state index contributed by atoms with van der Waals surface area (Å²) in [4.78, 5) is 5.05. The lowest BCUT2D eigenvalue weighted by atomic mass is 10.1. The van der Waals surface area contributed by atoms with E-state index in [1.165, 1.54) is 5.56 Å². The van der Waals surface area contributed by atoms with Crippen molar-refractivity contribution in [3.8, 4) is 0 Å². The summed E-state index contributed by atoms with van der Waals surface area (Å²) in [6.07, 6.45) is 6.74. The number of hydrogen-bond acceptors (Lipinski definition) is 5. The minimum Gasteiger partial charge on any atom is -0.389 e. The molecule has 0 unspecified atom stereocenters. The van der Waals surface area contributed by atoms with Crippen LogP contribution >= 0.6 is 12.2 Å². The van der Waals surface area contributed by atoms with E-state index in [9.17, 15) is 0 Å². The second-order valence-corrected chi connectivity index (χ2v) is 5.24. The molecule has 0 bridgehead atoms. The van der Waals surface area contributed by atoms with Crippen LogP contribution < -0.4 is 11.1 Å². The van der Waals surface area contributed by atoms with E-state index in [0.29, 0.717) is 11.5 Å². The van der Waals surface area contributed by atoms with E-state index in [1.807, 2.05) is 6.20 Å². The molecule has 6 nitrogen and oxygen atoms in total. The van der Waals surface area contributed by atoms with Gasteiger partial charge in [0.1, 0.15) is 10.8 Å². The predicted octanol–water partition coefficient (Wildman–Crippen LogP) is 0.908. The summed E-state index contributed by atoms with van der Waals surface area (Å²) < 4.78 is 1.76. The van der Waals surface area contributed by atoms with E-state index >= 15 is 0 Å². The van der Waals surface area contributed by atoms with Gasteiger partial charge in [-0.1, -0.05) is 17.4 Å². The highest BCUT2D eigenvalue weighted by Gasteiger charge is 2.17. The molecule has 0 spiro atoms. The molecular formula is C13H16N6S. The van der Waals surface area contributed by atoms with Crippen molar-refractivity contribution in [2.45, 2.75) is 25.8 Å². The van der Waals surface area contributed by atoms with E-state index in [1.54, 1.807) is 10.9 Å². The monoisotopic (exact) mass is 288 g/mol. The molecule has 7 heteroatoms. The Hall–Kier alpha value is -2.02. The minimum absolute atomic E-state index is 0.385. The number of rotatable bonds is 5. The molecular weight excluding hydrogens is 272 g/mol. The topological polar surface area (TPSA) is 81.6 Å². The van der Waals surface area contributed by atoms with E-state index in [2.05, 4.69) is 26.7 Å². The summed E-state index contributed by atoms with van der Waals surface area (Å²) in [7, 11) is 0. The van der Waals surface area contributed by atoms with E-state index in [-0.39, 0.29) is 0 Å². The maximum Gasteiger partial charge on any atom is 0.136 e. The van der Waals surface area contributed by atoms with Gasteiger partial charge in [0.05, 0.1) is 18.3 Å². The second-order valence-electron chi connectivity index (χ2n) is 4.80. The molecule has 0 fully saturated rings. The number of anilines is 1. The van der Waals surface area contributed by atoms with Gasteiger partial charge in [-0.2, -0.15) is 0 Å². The third-order valence-corrected chi connectivity index (χ3v) is 3.64. The third kappa shape index (κ3) is 2.62. The molecule has 3 N–H and O–H groups in total. The average Bonchev–Trinajstić information content (AvgIpc) is 3.07. The van der Waals surface area contributed by atoms with Crippen LogP contribution in [0.2, 0.25) is 0 Å². The van der Waals surface area contributed by atoms with Crippen LogP contribution in [-0.2, 0) is 19.4 Å². The largest absolute Gasteiger partial charge is 0.389 e. The quantitative estimate of drug-likeness (QED) is 0.796. The van der Waals surface area contributed by atoms with Gasteiger partial charge in [0.2, 0.25) is 0 Å². The highest BCUT2D eigenvalue weighted by atomic mass is 32.1. The van der Waals surface area contributed by atoms with E-state index in [4.69, 9.17) is 18.0 Å². The van der Waals surface area contributed by atoms with E-state index < -0.39 is 0 Å². The third-order valence-electron chi connectivity index (χ3n) is 3.42. The summed E-state index contributed by atoms with van der Waals surface area (Å²) in [5.74, 6) is 0.776. The van der Waals surface area contributed by atoms with Crippen molar-refractivity contribution in [3.05, 3.63) is 35.3 Å². The predicted molar refractivity (Wildman–Crippen MR) is 80.7 cm³/mol. The first-order chi connectivity index (χ1) is 9.74. The van der Waals surface area contributed by atoms with Crippen LogP contribution in [0.1, 0.15) is 23.2 Å². The fraction of sp³-hybridized carbons (Fsp3) is 0.385. The molecule has 0 aliphatic heterocycles. The van der Waals surface area contributed by atoms with Crippen molar-refractivity contribution in [2.24, 2.45) is 5.73 Å². The highest BCUT2D eigenvalue weighted by Crippen LogP contribution is 2.25. The molecule has 0 aromatic carbocycles. The Labute approximate surface area is 122 Å². The summed E-state index contributed by atoms with van der Waals surface area (Å²) in [6, 6.07) is 2.08. The molecule has 1 aliphatic carbocycles. The van der Waals surface area contributed by atoms with Crippen molar-refractivity contribution in [1.82, 2.24) is 20.0 Å². The van der Waals surface area contributed by atoms with Crippen molar-refractivity contribution >= 4 is 23.0 Å². The Balaban J connectivity index is 1.75. The van der Waals surface area contributed by atoms with Crippen LogP contribution in [-0.4, -0.2) is 31.5 Å². The van der Waals surface area contributed by atoms with Crippen LogP contribution in [0, 0.1) is 0 Å². The van der Waals surface area contributed by atoms with Crippen molar-refractivity contribution < 1.29 is 0 Å². The van der Waals surface area contributed by atoms with Crippen molar-refractivity contribution in [2.75, 3.05) is 11.9 Å². The molecule has 0 saturated heterocycles. The summed E-state index contributed by atoms with van der Waals surface area (Å²) in [6.45, 7) is 1.42. The fourth-order valence-electron chi connectivity index (χ4n) is 2.44. The van der Waals surface area contributed by atoms with Gasteiger partial charge in [-0.3, -0.25) is 4.68 Å². The fourth-order valence-corrected chi connectivity index (χ4v) is 2.59. The first-order valence-corrected chi connectivity index (χ1v) is 7.05. The molecule has 3 rings (SSSR count). The van der Waals surface area contributed by atoms with Crippen LogP contribution in [0.4, 0.5) is 5.82 Å². The lowest BCUT2D eigenvalue weighted by Crippen LogP contribution is -2.18. The smallest absolute Gasteiger partial charge is 0.136 e. The van der Waals surface area contributed by atoms with Crippen molar-refractivity contribution in [1.29, 1.82) is 0 Å². The van der Waals surface area contributed by atoms with Gasteiger partial charge in [0.15, 0.2) is 0 Å². The number of nitrogens with two attached hydrogens (primary N) is 1. The Kier molecular flexibility index (Phi) is 3.60. The number of aryl methyl sites for hydroxylation is 2. The summed E-state index contributed by atoms with van der Waals surface area (Å²) >= 11 is 5.12. The van der Waals surface area contributed by atoms with Crippen LogP contribution in [0.25, 0.3) is 0 Å². The van der Waals surface area contributed by atoms with E-state index in [0.717, 1.165) is 42.9 Å². The standard InChI is InChI=1S/C13H16N6S/c14-12(20)10-8-9-2-1-3-11(9)17-13(10)15-4-6-19-7-5-16-18-19/h5,7-8H,1-4,6H2,(H2,14,20)(H,15,17). The van der Waals surface area contributed by atoms with Gasteiger partial charge in [0, 0.05) is 18.4 Å². The SMILES string of the molecule is NC(=S)c1cc2c(nc1NCCn1ccnn1)CCC2. The lowest BCUT2D eigenvalue weighted by Gasteiger charge is -2.12. The summed E-state index contributed by atoms with van der Waals surface area (Å²) in [5.41, 5.74) is 9.06. The van der Waals surface area contributed by atoms with Gasteiger partial charge >= 0.3 is 0 Å². The zero-order valence-electron chi connectivity index (χ0n) is 11.0. The molecule has 0 amide bonds. The first kappa shape index (κ1) is 13.0. The molecule has 20 heavy (non-hydrogen) atoms. The second kappa shape index (κ2) is 5.54. The number of nitrogens with zero attached hydrogens (tertiary/aromatic N) is 4. The lowest BCUT2D eigenvalue weighted by molar-refractivity contribution is 0.608. The van der Waals surface area contributed by atoms with Gasteiger partial charge in [0.25, 0.3) is 0 Å². The zero-order chi connectivity index (χ0) is 13.9. The molecule has 104 valence electrons.